The van der Waals surface area contributed by atoms with Crippen molar-refractivity contribution in [3.8, 4) is 0 Å². The summed E-state index contributed by atoms with van der Waals surface area (Å²) in [5.74, 6) is -0.543. The number of benzene rings is 1. The molecule has 1 aromatic carbocycles. The Morgan fingerprint density at radius 2 is 1.62 bits per heavy atom. The van der Waals surface area contributed by atoms with Crippen molar-refractivity contribution in [2.75, 3.05) is 14.2 Å². The lowest BCUT2D eigenvalue weighted by Crippen LogP contribution is -2.40. The Kier molecular flexibility index (Phi) is 6.45. The van der Waals surface area contributed by atoms with Gasteiger partial charge in [0, 0.05) is 25.3 Å². The predicted molar refractivity (Wildman–Crippen MR) is 87.9 cm³/mol. The average Bonchev–Trinajstić information content (AvgIpc) is 2.43. The van der Waals surface area contributed by atoms with Crippen LogP contribution in [-0.2, 0) is 13.6 Å². The summed E-state index contributed by atoms with van der Waals surface area (Å²) in [7, 11) is -0.507. The van der Waals surface area contributed by atoms with Crippen LogP contribution in [0.2, 0.25) is 5.02 Å². The van der Waals surface area contributed by atoms with E-state index in [1.807, 2.05) is 12.1 Å². The maximum absolute atomic E-state index is 12.9. The minimum atomic E-state index is -3.31. The molecule has 0 saturated heterocycles. The van der Waals surface area contributed by atoms with Gasteiger partial charge in [-0.05, 0) is 30.0 Å². The van der Waals surface area contributed by atoms with Crippen LogP contribution in [0.5, 0.6) is 0 Å². The van der Waals surface area contributed by atoms with Gasteiger partial charge >= 0.3 is 7.60 Å². The van der Waals surface area contributed by atoms with E-state index in [1.165, 1.54) is 14.2 Å². The standard InChI is InChI=1S/C15H25ClNO3P/c1-11(15(2,3)4)17-14(21(18,19-5)20-6)12-7-9-13(16)10-8-12/h7-11,14,17H,1-6H3/t11-,14?/m0/s1. The van der Waals surface area contributed by atoms with Gasteiger partial charge in [0.05, 0.1) is 0 Å². The lowest BCUT2D eigenvalue weighted by molar-refractivity contribution is 0.233. The van der Waals surface area contributed by atoms with Crippen LogP contribution >= 0.6 is 19.2 Å². The fourth-order valence-corrected chi connectivity index (χ4v) is 3.43. The molecule has 0 fully saturated rings. The molecule has 0 aliphatic rings. The van der Waals surface area contributed by atoms with Gasteiger partial charge in [0.2, 0.25) is 0 Å². The number of rotatable bonds is 6. The summed E-state index contributed by atoms with van der Waals surface area (Å²) in [4.78, 5) is 0. The molecule has 21 heavy (non-hydrogen) atoms. The molecule has 4 nitrogen and oxygen atoms in total. The third-order valence-corrected chi connectivity index (χ3v) is 6.07. The van der Waals surface area contributed by atoms with Gasteiger partial charge in [0.1, 0.15) is 5.78 Å². The largest absolute Gasteiger partial charge is 0.351 e. The Balaban J connectivity index is 3.18. The van der Waals surface area contributed by atoms with Gasteiger partial charge in [-0.3, -0.25) is 9.88 Å². The van der Waals surface area contributed by atoms with E-state index in [9.17, 15) is 4.57 Å². The summed E-state index contributed by atoms with van der Waals surface area (Å²) >= 11 is 5.92. The van der Waals surface area contributed by atoms with Crippen LogP contribution in [0.25, 0.3) is 0 Å². The number of halogens is 1. The van der Waals surface area contributed by atoms with Gasteiger partial charge in [0.25, 0.3) is 0 Å². The van der Waals surface area contributed by atoms with Crippen LogP contribution < -0.4 is 5.32 Å². The summed E-state index contributed by atoms with van der Waals surface area (Å²) in [5.41, 5.74) is 0.833. The normalized spacial score (nSPS) is 15.8. The van der Waals surface area contributed by atoms with Gasteiger partial charge in [0.15, 0.2) is 0 Å². The van der Waals surface area contributed by atoms with Crippen LogP contribution in [-0.4, -0.2) is 20.3 Å². The van der Waals surface area contributed by atoms with Crippen LogP contribution in [0.3, 0.4) is 0 Å². The van der Waals surface area contributed by atoms with Gasteiger partial charge in [-0.2, -0.15) is 0 Å². The first kappa shape index (κ1) is 18.7. The van der Waals surface area contributed by atoms with Crippen molar-refractivity contribution in [2.24, 2.45) is 5.41 Å². The maximum atomic E-state index is 12.9. The van der Waals surface area contributed by atoms with E-state index in [2.05, 4.69) is 33.0 Å². The smallest absolute Gasteiger partial charge is 0.311 e. The molecule has 0 aliphatic heterocycles. The van der Waals surface area contributed by atoms with E-state index >= 15 is 0 Å². The third-order valence-electron chi connectivity index (χ3n) is 3.72. The second-order valence-corrected chi connectivity index (χ2v) is 8.88. The number of hydrogen-bond acceptors (Lipinski definition) is 4. The fraction of sp³-hybridized carbons (Fsp3) is 0.600. The minimum Gasteiger partial charge on any atom is -0.311 e. The highest BCUT2D eigenvalue weighted by atomic mass is 35.5. The quantitative estimate of drug-likeness (QED) is 0.756. The molecular weight excluding hydrogens is 309 g/mol. The van der Waals surface area contributed by atoms with Crippen molar-refractivity contribution >= 4 is 19.2 Å². The monoisotopic (exact) mass is 333 g/mol. The van der Waals surface area contributed by atoms with Crippen molar-refractivity contribution in [2.45, 2.75) is 39.5 Å². The Morgan fingerprint density at radius 1 is 1.14 bits per heavy atom. The molecule has 0 amide bonds. The molecule has 0 aliphatic carbocycles. The molecule has 1 rings (SSSR count). The van der Waals surface area contributed by atoms with Crippen LogP contribution in [0.4, 0.5) is 0 Å². The van der Waals surface area contributed by atoms with Crippen molar-refractivity contribution in [3.63, 3.8) is 0 Å². The Morgan fingerprint density at radius 3 is 2.00 bits per heavy atom. The molecule has 1 unspecified atom stereocenters. The van der Waals surface area contributed by atoms with Crippen molar-refractivity contribution in [1.29, 1.82) is 0 Å². The predicted octanol–water partition coefficient (Wildman–Crippen LogP) is 4.85. The molecule has 0 aromatic heterocycles. The zero-order valence-electron chi connectivity index (χ0n) is 13.5. The molecule has 0 heterocycles. The molecule has 2 atom stereocenters. The highest BCUT2D eigenvalue weighted by molar-refractivity contribution is 7.54. The Bertz CT molecular complexity index is 491. The van der Waals surface area contributed by atoms with Crippen molar-refractivity contribution < 1.29 is 13.6 Å². The third kappa shape index (κ3) is 4.80. The SMILES string of the molecule is COP(=O)(OC)C(N[C@@H](C)C(C)(C)C)c1ccc(Cl)cc1. The van der Waals surface area contributed by atoms with E-state index in [1.54, 1.807) is 12.1 Å². The zero-order chi connectivity index (χ0) is 16.3. The summed E-state index contributed by atoms with van der Waals surface area (Å²) < 4.78 is 23.2. The van der Waals surface area contributed by atoms with Gasteiger partial charge in [-0.15, -0.1) is 0 Å². The number of hydrogen-bond donors (Lipinski definition) is 1. The van der Waals surface area contributed by atoms with Crippen LogP contribution in [0.1, 0.15) is 39.0 Å². The molecule has 6 heteroatoms. The first-order valence-electron chi connectivity index (χ1n) is 6.86. The summed E-state index contributed by atoms with van der Waals surface area (Å²) in [6, 6.07) is 7.31. The first-order chi connectivity index (χ1) is 9.64. The van der Waals surface area contributed by atoms with Crippen LogP contribution in [0, 0.1) is 5.41 Å². The summed E-state index contributed by atoms with van der Waals surface area (Å²) in [5, 5.41) is 4.01. The summed E-state index contributed by atoms with van der Waals surface area (Å²) in [6.45, 7) is 8.41. The van der Waals surface area contributed by atoms with E-state index in [0.717, 1.165) is 5.56 Å². The first-order valence-corrected chi connectivity index (χ1v) is 8.85. The lowest BCUT2D eigenvalue weighted by Gasteiger charge is -2.34. The van der Waals surface area contributed by atoms with Crippen molar-refractivity contribution in [1.82, 2.24) is 5.32 Å². The Hall–Kier alpha value is -0.380. The van der Waals surface area contributed by atoms with E-state index in [4.69, 9.17) is 20.6 Å². The molecule has 0 radical (unpaired) electrons. The van der Waals surface area contributed by atoms with Crippen LogP contribution in [0.15, 0.2) is 24.3 Å². The second-order valence-electron chi connectivity index (χ2n) is 6.11. The highest BCUT2D eigenvalue weighted by Crippen LogP contribution is 2.58. The second kappa shape index (κ2) is 7.26. The molecule has 1 N–H and O–H groups in total. The minimum absolute atomic E-state index is 0.0109. The number of nitrogens with one attached hydrogen (secondary N) is 1. The maximum Gasteiger partial charge on any atom is 0.351 e. The molecular formula is C15H25ClNO3P. The van der Waals surface area contributed by atoms with Gasteiger partial charge in [-0.1, -0.05) is 44.5 Å². The molecule has 120 valence electrons. The Labute approximate surface area is 132 Å². The molecule has 0 spiro atoms. The molecule has 1 aromatic rings. The van der Waals surface area contributed by atoms with Crippen molar-refractivity contribution in [3.05, 3.63) is 34.9 Å². The van der Waals surface area contributed by atoms with Gasteiger partial charge in [-0.25, -0.2) is 0 Å². The summed E-state index contributed by atoms with van der Waals surface area (Å²) in [6.07, 6.45) is 0. The lowest BCUT2D eigenvalue weighted by atomic mass is 9.88. The fourth-order valence-electron chi connectivity index (χ4n) is 1.79. The van der Waals surface area contributed by atoms with E-state index < -0.39 is 13.4 Å². The van der Waals surface area contributed by atoms with E-state index in [0.29, 0.717) is 5.02 Å². The van der Waals surface area contributed by atoms with E-state index in [-0.39, 0.29) is 11.5 Å². The zero-order valence-corrected chi connectivity index (χ0v) is 15.2. The average molecular weight is 334 g/mol. The molecule has 0 saturated carbocycles. The molecule has 0 bridgehead atoms. The van der Waals surface area contributed by atoms with Gasteiger partial charge < -0.3 is 9.05 Å². The topological polar surface area (TPSA) is 47.6 Å². The highest BCUT2D eigenvalue weighted by Gasteiger charge is 2.38.